The van der Waals surface area contributed by atoms with E-state index in [1.165, 1.54) is 6.07 Å². The molecule has 0 aliphatic rings. The van der Waals surface area contributed by atoms with Crippen LogP contribution in [-0.2, 0) is 0 Å². The van der Waals surface area contributed by atoms with Crippen LogP contribution < -0.4 is 4.74 Å². The summed E-state index contributed by atoms with van der Waals surface area (Å²) in [4.78, 5) is 0. The van der Waals surface area contributed by atoms with E-state index in [1.807, 2.05) is 0 Å². The third-order valence-corrected chi connectivity index (χ3v) is 3.44. The van der Waals surface area contributed by atoms with Gasteiger partial charge < -0.3 is 14.9 Å². The number of halogens is 5. The van der Waals surface area contributed by atoms with Gasteiger partial charge in [0.15, 0.2) is 0 Å². The van der Waals surface area contributed by atoms with Crippen LogP contribution in [0.2, 0.25) is 0 Å². The molecule has 1 aromatic carbocycles. The fourth-order valence-electron chi connectivity index (χ4n) is 1.42. The van der Waals surface area contributed by atoms with E-state index in [0.717, 1.165) is 12.1 Å². The van der Waals surface area contributed by atoms with Gasteiger partial charge in [-0.3, -0.25) is 0 Å². The van der Waals surface area contributed by atoms with Crippen molar-refractivity contribution >= 4 is 31.9 Å². The Labute approximate surface area is 124 Å². The number of hydrogen-bond donors (Lipinski definition) is 2. The molecule has 1 rings (SSSR count). The number of ether oxygens (including phenoxy) is 1. The lowest BCUT2D eigenvalue weighted by Gasteiger charge is -2.19. The molecule has 0 saturated carbocycles. The van der Waals surface area contributed by atoms with Crippen LogP contribution >= 0.6 is 31.9 Å². The number of hydrogen-bond acceptors (Lipinski definition) is 3. The zero-order valence-electron chi connectivity index (χ0n) is 9.49. The second kappa shape index (κ2) is 6.92. The highest BCUT2D eigenvalue weighted by atomic mass is 79.9. The Morgan fingerprint density at radius 1 is 1.26 bits per heavy atom. The summed E-state index contributed by atoms with van der Waals surface area (Å²) >= 11 is 6.17. The first-order valence-electron chi connectivity index (χ1n) is 5.22. The van der Waals surface area contributed by atoms with Gasteiger partial charge >= 0.3 is 6.36 Å². The van der Waals surface area contributed by atoms with Crippen molar-refractivity contribution in [2.75, 3.05) is 5.33 Å². The highest BCUT2D eigenvalue weighted by molar-refractivity contribution is 9.10. The van der Waals surface area contributed by atoms with Gasteiger partial charge in [-0.05, 0) is 24.1 Å². The standard InChI is InChI=1S/C11H11Br2F3O3/c12-4-3-9(17)10(18)7-2-1-6(5-8(7)13)19-11(14,15)16/h1-2,5,9-10,17-18H,3-4H2. The third kappa shape index (κ3) is 5.29. The van der Waals surface area contributed by atoms with Gasteiger partial charge in [-0.2, -0.15) is 0 Å². The maximum atomic E-state index is 12.0. The van der Waals surface area contributed by atoms with E-state index in [0.29, 0.717) is 17.3 Å². The average molecular weight is 408 g/mol. The topological polar surface area (TPSA) is 49.7 Å². The van der Waals surface area contributed by atoms with Crippen LogP contribution in [-0.4, -0.2) is 28.0 Å². The van der Waals surface area contributed by atoms with Crippen molar-refractivity contribution in [3.63, 3.8) is 0 Å². The van der Waals surface area contributed by atoms with E-state index in [9.17, 15) is 23.4 Å². The lowest BCUT2D eigenvalue weighted by Crippen LogP contribution is -2.20. The lowest BCUT2D eigenvalue weighted by atomic mass is 10.0. The highest BCUT2D eigenvalue weighted by Gasteiger charge is 2.31. The van der Waals surface area contributed by atoms with Gasteiger partial charge in [-0.25, -0.2) is 0 Å². The Hall–Kier alpha value is -0.310. The quantitative estimate of drug-likeness (QED) is 0.734. The van der Waals surface area contributed by atoms with Crippen molar-refractivity contribution in [2.24, 2.45) is 0 Å². The summed E-state index contributed by atoms with van der Waals surface area (Å²) in [5, 5.41) is 20.0. The summed E-state index contributed by atoms with van der Waals surface area (Å²) in [5.74, 6) is -0.398. The second-order valence-electron chi connectivity index (χ2n) is 3.72. The Kier molecular flexibility index (Phi) is 6.10. The molecule has 2 atom stereocenters. The fourth-order valence-corrected chi connectivity index (χ4v) is 2.48. The smallest absolute Gasteiger partial charge is 0.406 e. The summed E-state index contributed by atoms with van der Waals surface area (Å²) in [7, 11) is 0. The zero-order valence-corrected chi connectivity index (χ0v) is 12.7. The number of aliphatic hydroxyl groups excluding tert-OH is 2. The lowest BCUT2D eigenvalue weighted by molar-refractivity contribution is -0.274. The maximum absolute atomic E-state index is 12.0. The van der Waals surface area contributed by atoms with Crippen molar-refractivity contribution in [3.8, 4) is 5.75 Å². The summed E-state index contributed by atoms with van der Waals surface area (Å²) in [6.07, 6.45) is -6.65. The molecule has 1 aromatic rings. The van der Waals surface area contributed by atoms with Crippen molar-refractivity contribution in [3.05, 3.63) is 28.2 Å². The number of alkyl halides is 4. The molecule has 2 unspecified atom stereocenters. The molecule has 0 bridgehead atoms. The maximum Gasteiger partial charge on any atom is 0.573 e. The third-order valence-electron chi connectivity index (χ3n) is 2.29. The minimum Gasteiger partial charge on any atom is -0.406 e. The Balaban J connectivity index is 2.88. The van der Waals surface area contributed by atoms with E-state index in [4.69, 9.17) is 0 Å². The predicted molar refractivity (Wildman–Crippen MR) is 70.2 cm³/mol. The van der Waals surface area contributed by atoms with Crippen LogP contribution in [0.3, 0.4) is 0 Å². The van der Waals surface area contributed by atoms with Crippen molar-refractivity contribution < 1.29 is 28.1 Å². The zero-order chi connectivity index (χ0) is 14.6. The predicted octanol–water partition coefficient (Wildman–Crippen LogP) is 3.53. The van der Waals surface area contributed by atoms with Crippen molar-refractivity contribution in [1.82, 2.24) is 0 Å². The minimum absolute atomic E-state index is 0.232. The molecule has 3 nitrogen and oxygen atoms in total. The number of rotatable bonds is 5. The van der Waals surface area contributed by atoms with Gasteiger partial charge in [0.05, 0.1) is 6.10 Å². The number of benzene rings is 1. The fraction of sp³-hybridized carbons (Fsp3) is 0.455. The molecule has 0 spiro atoms. The van der Waals surface area contributed by atoms with E-state index < -0.39 is 24.3 Å². The van der Waals surface area contributed by atoms with Gasteiger partial charge in [0.1, 0.15) is 11.9 Å². The monoisotopic (exact) mass is 406 g/mol. The van der Waals surface area contributed by atoms with Crippen LogP contribution in [0.5, 0.6) is 5.75 Å². The highest BCUT2D eigenvalue weighted by Crippen LogP contribution is 2.32. The van der Waals surface area contributed by atoms with Gasteiger partial charge in [-0.15, -0.1) is 13.2 Å². The molecular weight excluding hydrogens is 397 g/mol. The van der Waals surface area contributed by atoms with Crippen LogP contribution in [0.25, 0.3) is 0 Å². The van der Waals surface area contributed by atoms with E-state index in [-0.39, 0.29) is 4.47 Å². The summed E-state index contributed by atoms with van der Waals surface area (Å²) < 4.78 is 40.1. The van der Waals surface area contributed by atoms with E-state index in [2.05, 4.69) is 36.6 Å². The molecule has 0 aliphatic carbocycles. The SMILES string of the molecule is OC(CCBr)C(O)c1ccc(OC(F)(F)F)cc1Br. The van der Waals surface area contributed by atoms with Crippen LogP contribution in [0.15, 0.2) is 22.7 Å². The number of aliphatic hydroxyl groups is 2. The molecule has 0 amide bonds. The summed E-state index contributed by atoms with van der Waals surface area (Å²) in [6.45, 7) is 0. The Morgan fingerprint density at radius 2 is 1.89 bits per heavy atom. The van der Waals surface area contributed by atoms with Crippen LogP contribution in [0, 0.1) is 0 Å². The van der Waals surface area contributed by atoms with Gasteiger partial charge in [-0.1, -0.05) is 37.9 Å². The molecular formula is C11H11Br2F3O3. The molecule has 0 heterocycles. The molecule has 2 N–H and O–H groups in total. The molecule has 0 aromatic heterocycles. The Bertz CT molecular complexity index is 426. The second-order valence-corrected chi connectivity index (χ2v) is 5.37. The summed E-state index contributed by atoms with van der Waals surface area (Å²) in [5.41, 5.74) is 0.294. The Morgan fingerprint density at radius 3 is 2.37 bits per heavy atom. The molecule has 19 heavy (non-hydrogen) atoms. The first kappa shape index (κ1) is 16.7. The summed E-state index contributed by atoms with van der Waals surface area (Å²) in [6, 6.07) is 3.44. The molecule has 0 aliphatic heterocycles. The largest absolute Gasteiger partial charge is 0.573 e. The first-order valence-corrected chi connectivity index (χ1v) is 7.13. The molecule has 108 valence electrons. The van der Waals surface area contributed by atoms with Gasteiger partial charge in [0.2, 0.25) is 0 Å². The minimum atomic E-state index is -4.77. The normalized spacial score (nSPS) is 15.1. The van der Waals surface area contributed by atoms with Gasteiger partial charge in [0.25, 0.3) is 0 Å². The van der Waals surface area contributed by atoms with Crippen molar-refractivity contribution in [1.29, 1.82) is 0 Å². The molecule has 8 heteroatoms. The molecule has 0 saturated heterocycles. The van der Waals surface area contributed by atoms with Crippen LogP contribution in [0.4, 0.5) is 13.2 Å². The van der Waals surface area contributed by atoms with Crippen molar-refractivity contribution in [2.45, 2.75) is 25.0 Å². The molecule has 0 fully saturated rings. The van der Waals surface area contributed by atoms with Crippen LogP contribution in [0.1, 0.15) is 18.1 Å². The van der Waals surface area contributed by atoms with Gasteiger partial charge in [0, 0.05) is 9.80 Å². The van der Waals surface area contributed by atoms with E-state index >= 15 is 0 Å². The average Bonchev–Trinajstić information content (AvgIpc) is 2.26. The molecule has 0 radical (unpaired) electrons. The van der Waals surface area contributed by atoms with E-state index in [1.54, 1.807) is 0 Å². The first-order chi connectivity index (χ1) is 8.74.